The Morgan fingerprint density at radius 2 is 2.22 bits per heavy atom. The van der Waals surface area contributed by atoms with Crippen LogP contribution >= 0.6 is 11.3 Å². The van der Waals surface area contributed by atoms with Crippen LogP contribution in [0.2, 0.25) is 0 Å². The van der Waals surface area contributed by atoms with E-state index >= 15 is 0 Å². The Hall–Kier alpha value is -3.31. The maximum atomic E-state index is 14.9. The Morgan fingerprint density at radius 3 is 2.94 bits per heavy atom. The summed E-state index contributed by atoms with van der Waals surface area (Å²) in [6.07, 6.45) is 0.662. The average molecular weight is 459 g/mol. The largest absolute Gasteiger partial charge is 0.442 e. The Morgan fingerprint density at radius 1 is 1.38 bits per heavy atom. The molecule has 168 valence electrons. The maximum Gasteiger partial charge on any atom is 0.414 e. The molecule has 1 aliphatic heterocycles. The lowest BCUT2D eigenvalue weighted by molar-refractivity contribution is -0.119. The number of ether oxygens (including phenoxy) is 1. The molecule has 0 aliphatic carbocycles. The molecule has 1 atom stereocenters. The van der Waals surface area contributed by atoms with Crippen LogP contribution in [0.5, 0.6) is 0 Å². The van der Waals surface area contributed by atoms with E-state index in [1.807, 2.05) is 19.2 Å². The smallest absolute Gasteiger partial charge is 0.414 e. The normalized spacial score (nSPS) is 15.9. The molecular formula is C21H23FN6O3S. The predicted octanol–water partition coefficient (Wildman–Crippen LogP) is 2.77. The van der Waals surface area contributed by atoms with E-state index in [-0.39, 0.29) is 19.0 Å². The Labute approximate surface area is 188 Å². The van der Waals surface area contributed by atoms with E-state index in [1.165, 1.54) is 29.2 Å². The number of carbonyl (C=O) groups excluding carboxylic acids is 2. The van der Waals surface area contributed by atoms with Gasteiger partial charge in [-0.1, -0.05) is 0 Å². The number of anilines is 1. The van der Waals surface area contributed by atoms with E-state index < -0.39 is 18.0 Å². The Balaban J connectivity index is 1.41. The third kappa shape index (κ3) is 5.11. The standard InChI is InChI=1S/C21H23FN6O3S/c1-13(29)23-9-16-11-28(21(30)31-16)15-3-5-18(19(22)7-15)20-6-4-17(32-20)12-27(2)10-14-8-24-26-25-14/h3-8,16H,9-12H2,1-2H3,(H,23,29)(H,24,25,26)/t16-/m0/s1. The van der Waals surface area contributed by atoms with Crippen LogP contribution in [0.4, 0.5) is 14.9 Å². The second-order valence-corrected chi connectivity index (χ2v) is 8.79. The Kier molecular flexibility index (Phi) is 6.47. The van der Waals surface area contributed by atoms with Gasteiger partial charge in [-0.2, -0.15) is 15.4 Å². The number of nitrogens with zero attached hydrogens (tertiary/aromatic N) is 4. The number of benzene rings is 1. The van der Waals surface area contributed by atoms with Gasteiger partial charge in [0, 0.05) is 35.3 Å². The molecule has 2 N–H and O–H groups in total. The van der Waals surface area contributed by atoms with Gasteiger partial charge in [0.05, 0.1) is 30.7 Å². The van der Waals surface area contributed by atoms with Crippen LogP contribution in [-0.2, 0) is 22.6 Å². The highest BCUT2D eigenvalue weighted by molar-refractivity contribution is 7.15. The number of rotatable bonds is 8. The van der Waals surface area contributed by atoms with Crippen molar-refractivity contribution < 1.29 is 18.7 Å². The summed E-state index contributed by atoms with van der Waals surface area (Å²) in [6.45, 7) is 3.22. The number of cyclic esters (lactones) is 1. The highest BCUT2D eigenvalue weighted by atomic mass is 32.1. The SMILES string of the molecule is CC(=O)NC[C@H]1CN(c2ccc(-c3ccc(CN(C)Cc4cn[nH]n4)s3)c(F)c2)C(=O)O1. The molecule has 4 rings (SSSR count). The van der Waals surface area contributed by atoms with Crippen LogP contribution in [0.3, 0.4) is 0 Å². The van der Waals surface area contributed by atoms with Crippen molar-refractivity contribution in [3.63, 3.8) is 0 Å². The molecular weight excluding hydrogens is 435 g/mol. The highest BCUT2D eigenvalue weighted by Gasteiger charge is 2.32. The summed E-state index contributed by atoms with van der Waals surface area (Å²) >= 11 is 1.52. The lowest BCUT2D eigenvalue weighted by Gasteiger charge is -2.14. The van der Waals surface area contributed by atoms with Gasteiger partial charge in [-0.25, -0.2) is 9.18 Å². The van der Waals surface area contributed by atoms with Gasteiger partial charge in [0.2, 0.25) is 5.91 Å². The summed E-state index contributed by atoms with van der Waals surface area (Å²) in [5, 5.41) is 13.1. The quantitative estimate of drug-likeness (QED) is 0.538. The third-order valence-electron chi connectivity index (χ3n) is 4.97. The number of carbonyl (C=O) groups is 2. The van der Waals surface area contributed by atoms with Gasteiger partial charge in [-0.3, -0.25) is 14.6 Å². The van der Waals surface area contributed by atoms with Crippen molar-refractivity contribution in [3.05, 3.63) is 52.9 Å². The molecule has 9 nitrogen and oxygen atoms in total. The third-order valence-corrected chi connectivity index (χ3v) is 6.07. The van der Waals surface area contributed by atoms with Crippen LogP contribution in [0.25, 0.3) is 10.4 Å². The summed E-state index contributed by atoms with van der Waals surface area (Å²) in [6, 6.07) is 8.60. The number of thiophene rings is 1. The predicted molar refractivity (Wildman–Crippen MR) is 118 cm³/mol. The summed E-state index contributed by atoms with van der Waals surface area (Å²) in [5.41, 5.74) is 1.75. The number of amides is 2. The van der Waals surface area contributed by atoms with Crippen LogP contribution < -0.4 is 10.2 Å². The summed E-state index contributed by atoms with van der Waals surface area (Å²) in [7, 11) is 1.98. The first-order valence-corrected chi connectivity index (χ1v) is 10.8. The van der Waals surface area contributed by atoms with E-state index in [1.54, 1.807) is 18.3 Å². The molecule has 0 saturated carbocycles. The van der Waals surface area contributed by atoms with Gasteiger partial charge in [0.1, 0.15) is 11.9 Å². The molecule has 1 fully saturated rings. The first-order chi connectivity index (χ1) is 15.4. The van der Waals surface area contributed by atoms with Gasteiger partial charge < -0.3 is 10.1 Å². The lowest BCUT2D eigenvalue weighted by Crippen LogP contribution is -2.33. The van der Waals surface area contributed by atoms with Gasteiger partial charge >= 0.3 is 6.09 Å². The van der Waals surface area contributed by atoms with Crippen molar-refractivity contribution in [3.8, 4) is 10.4 Å². The molecule has 3 heterocycles. The van der Waals surface area contributed by atoms with Gasteiger partial charge in [-0.15, -0.1) is 11.3 Å². The fourth-order valence-electron chi connectivity index (χ4n) is 3.48. The number of aromatic amines is 1. The number of nitrogens with one attached hydrogen (secondary N) is 2. The maximum absolute atomic E-state index is 14.9. The van der Waals surface area contributed by atoms with Crippen molar-refractivity contribution in [2.24, 2.45) is 0 Å². The first-order valence-electron chi connectivity index (χ1n) is 10.0. The van der Waals surface area contributed by atoms with Crippen molar-refractivity contribution >= 4 is 29.0 Å². The highest BCUT2D eigenvalue weighted by Crippen LogP contribution is 2.33. The molecule has 1 aliphatic rings. The number of hydrogen-bond acceptors (Lipinski definition) is 7. The topological polar surface area (TPSA) is 103 Å². The molecule has 0 bridgehead atoms. The van der Waals surface area contributed by atoms with Crippen molar-refractivity contribution in [2.45, 2.75) is 26.1 Å². The second-order valence-electron chi connectivity index (χ2n) is 7.62. The van der Waals surface area contributed by atoms with E-state index in [4.69, 9.17) is 4.74 Å². The fraction of sp³-hybridized carbons (Fsp3) is 0.333. The van der Waals surface area contributed by atoms with E-state index in [2.05, 4.69) is 25.6 Å². The molecule has 2 amide bonds. The van der Waals surface area contributed by atoms with Crippen LogP contribution in [-0.4, -0.2) is 58.6 Å². The molecule has 0 radical (unpaired) electrons. The molecule has 32 heavy (non-hydrogen) atoms. The number of aromatic nitrogens is 3. The van der Waals surface area contributed by atoms with E-state index in [0.29, 0.717) is 24.3 Å². The van der Waals surface area contributed by atoms with Gasteiger partial charge in [0.15, 0.2) is 0 Å². The minimum absolute atomic E-state index is 0.199. The molecule has 2 aromatic heterocycles. The molecule has 1 saturated heterocycles. The number of H-pyrrole nitrogens is 1. The minimum Gasteiger partial charge on any atom is -0.442 e. The second kappa shape index (κ2) is 9.45. The summed E-state index contributed by atoms with van der Waals surface area (Å²) in [4.78, 5) is 28.6. The zero-order valence-corrected chi connectivity index (χ0v) is 18.5. The first kappa shape index (κ1) is 21.9. The van der Waals surface area contributed by atoms with Crippen molar-refractivity contribution in [1.29, 1.82) is 0 Å². The van der Waals surface area contributed by atoms with E-state index in [0.717, 1.165) is 15.4 Å². The lowest BCUT2D eigenvalue weighted by atomic mass is 10.1. The molecule has 11 heteroatoms. The van der Waals surface area contributed by atoms with Crippen molar-refractivity contribution in [1.82, 2.24) is 25.6 Å². The van der Waals surface area contributed by atoms with Crippen LogP contribution in [0.15, 0.2) is 36.5 Å². The summed E-state index contributed by atoms with van der Waals surface area (Å²) in [5.74, 6) is -0.612. The molecule has 0 unspecified atom stereocenters. The molecule has 1 aromatic carbocycles. The number of hydrogen-bond donors (Lipinski definition) is 2. The van der Waals surface area contributed by atoms with Crippen molar-refractivity contribution in [2.75, 3.05) is 25.0 Å². The zero-order chi connectivity index (χ0) is 22.7. The van der Waals surface area contributed by atoms with Crippen LogP contribution in [0.1, 0.15) is 17.5 Å². The minimum atomic E-state index is -0.555. The number of halogens is 1. The zero-order valence-electron chi connectivity index (χ0n) is 17.7. The fourth-order valence-corrected chi connectivity index (χ4v) is 4.59. The Bertz CT molecular complexity index is 1100. The monoisotopic (exact) mass is 458 g/mol. The van der Waals surface area contributed by atoms with Gasteiger partial charge in [0.25, 0.3) is 0 Å². The average Bonchev–Trinajstić information content (AvgIpc) is 3.48. The molecule has 0 spiro atoms. The van der Waals surface area contributed by atoms with Gasteiger partial charge in [-0.05, 0) is 37.4 Å². The summed E-state index contributed by atoms with van der Waals surface area (Å²) < 4.78 is 20.2. The molecule has 3 aromatic rings. The van der Waals surface area contributed by atoms with Crippen LogP contribution in [0, 0.1) is 5.82 Å². The van der Waals surface area contributed by atoms with E-state index in [9.17, 15) is 14.0 Å².